The van der Waals surface area contributed by atoms with Crippen LogP contribution in [0.15, 0.2) is 5.38 Å². The second-order valence-corrected chi connectivity index (χ2v) is 5.11. The molecule has 0 saturated heterocycles. The summed E-state index contributed by atoms with van der Waals surface area (Å²) in [5.41, 5.74) is 5.88. The lowest BCUT2D eigenvalue weighted by molar-refractivity contribution is -0.137. The minimum absolute atomic E-state index is 0.407. The SMILES string of the molecule is NC1(c2csc(C(F)(F)F)n2)CCCCC1. The van der Waals surface area contributed by atoms with E-state index in [1.54, 1.807) is 0 Å². The number of hydrogen-bond acceptors (Lipinski definition) is 3. The van der Waals surface area contributed by atoms with Gasteiger partial charge in [0.25, 0.3) is 0 Å². The van der Waals surface area contributed by atoms with E-state index >= 15 is 0 Å². The fourth-order valence-electron chi connectivity index (χ4n) is 2.07. The number of halogens is 3. The van der Waals surface area contributed by atoms with E-state index in [0.29, 0.717) is 17.0 Å². The van der Waals surface area contributed by atoms with Gasteiger partial charge in [-0.15, -0.1) is 11.3 Å². The normalized spacial score (nSPS) is 21.0. The van der Waals surface area contributed by atoms with Crippen molar-refractivity contribution in [3.05, 3.63) is 16.1 Å². The topological polar surface area (TPSA) is 38.9 Å². The molecule has 1 saturated carbocycles. The van der Waals surface area contributed by atoms with Crippen molar-refractivity contribution in [2.45, 2.75) is 43.8 Å². The molecule has 16 heavy (non-hydrogen) atoms. The summed E-state index contributed by atoms with van der Waals surface area (Å²) in [6.45, 7) is 0. The van der Waals surface area contributed by atoms with Crippen molar-refractivity contribution in [2.24, 2.45) is 5.73 Å². The highest BCUT2D eigenvalue weighted by Crippen LogP contribution is 2.38. The van der Waals surface area contributed by atoms with E-state index in [0.717, 1.165) is 32.1 Å². The van der Waals surface area contributed by atoms with Gasteiger partial charge in [0.15, 0.2) is 5.01 Å². The van der Waals surface area contributed by atoms with Crippen molar-refractivity contribution in [3.8, 4) is 0 Å². The van der Waals surface area contributed by atoms with Gasteiger partial charge < -0.3 is 5.73 Å². The first-order valence-electron chi connectivity index (χ1n) is 5.24. The Kier molecular flexibility index (Phi) is 2.96. The van der Waals surface area contributed by atoms with Crippen LogP contribution in [0.4, 0.5) is 13.2 Å². The molecule has 0 atom stereocenters. The fraction of sp³-hybridized carbons (Fsp3) is 0.700. The van der Waals surface area contributed by atoms with Crippen molar-refractivity contribution in [3.63, 3.8) is 0 Å². The number of alkyl halides is 3. The van der Waals surface area contributed by atoms with Gasteiger partial charge in [-0.1, -0.05) is 19.3 Å². The summed E-state index contributed by atoms with van der Waals surface area (Å²) in [6.07, 6.45) is 0.149. The third-order valence-electron chi connectivity index (χ3n) is 3.00. The van der Waals surface area contributed by atoms with E-state index in [4.69, 9.17) is 5.73 Å². The molecule has 90 valence electrons. The van der Waals surface area contributed by atoms with Crippen molar-refractivity contribution < 1.29 is 13.2 Å². The quantitative estimate of drug-likeness (QED) is 0.830. The molecule has 1 aromatic rings. The lowest BCUT2D eigenvalue weighted by Gasteiger charge is -2.31. The highest BCUT2D eigenvalue weighted by Gasteiger charge is 2.38. The molecule has 1 fully saturated rings. The second kappa shape index (κ2) is 4.00. The summed E-state index contributed by atoms with van der Waals surface area (Å²) in [4.78, 5) is 3.65. The molecule has 2 nitrogen and oxygen atoms in total. The molecule has 0 bridgehead atoms. The lowest BCUT2D eigenvalue weighted by atomic mass is 9.81. The largest absolute Gasteiger partial charge is 0.443 e. The molecule has 1 aromatic heterocycles. The number of rotatable bonds is 1. The molecular formula is C10H13F3N2S. The Bertz CT molecular complexity index is 366. The number of thiazole rings is 1. The predicted octanol–water partition coefficient (Wildman–Crippen LogP) is 3.28. The van der Waals surface area contributed by atoms with Crippen molar-refractivity contribution >= 4 is 11.3 Å². The molecule has 1 heterocycles. The Morgan fingerprint density at radius 3 is 2.38 bits per heavy atom. The van der Waals surface area contributed by atoms with Gasteiger partial charge in [0.1, 0.15) is 0 Å². The molecule has 0 radical (unpaired) electrons. The maximum Gasteiger partial charge on any atom is 0.443 e. The third-order valence-corrected chi connectivity index (χ3v) is 3.89. The van der Waals surface area contributed by atoms with E-state index in [9.17, 15) is 13.2 Å². The summed E-state index contributed by atoms with van der Waals surface area (Å²) in [6, 6.07) is 0. The van der Waals surface area contributed by atoms with Crippen LogP contribution in [-0.4, -0.2) is 4.98 Å². The van der Waals surface area contributed by atoms with Crippen LogP contribution in [0, 0.1) is 0 Å². The summed E-state index contributed by atoms with van der Waals surface area (Å²) < 4.78 is 37.2. The van der Waals surface area contributed by atoms with Crippen molar-refractivity contribution in [1.29, 1.82) is 0 Å². The zero-order valence-electron chi connectivity index (χ0n) is 8.68. The molecule has 0 aliphatic heterocycles. The Morgan fingerprint density at radius 2 is 1.88 bits per heavy atom. The average Bonchev–Trinajstić information content (AvgIpc) is 2.67. The smallest absolute Gasteiger partial charge is 0.320 e. The second-order valence-electron chi connectivity index (χ2n) is 4.25. The van der Waals surface area contributed by atoms with Gasteiger partial charge in [0, 0.05) is 5.38 Å². The minimum Gasteiger partial charge on any atom is -0.320 e. The molecule has 1 aliphatic carbocycles. The van der Waals surface area contributed by atoms with Crippen LogP contribution in [-0.2, 0) is 11.7 Å². The van der Waals surface area contributed by atoms with Crippen molar-refractivity contribution in [2.75, 3.05) is 0 Å². The van der Waals surface area contributed by atoms with E-state index in [2.05, 4.69) is 4.98 Å². The molecule has 0 spiro atoms. The van der Waals surface area contributed by atoms with Gasteiger partial charge in [0.05, 0.1) is 11.2 Å². The molecule has 0 aromatic carbocycles. The van der Waals surface area contributed by atoms with E-state index < -0.39 is 16.7 Å². The summed E-state index contributed by atoms with van der Waals surface area (Å²) in [5.74, 6) is 0. The first-order valence-corrected chi connectivity index (χ1v) is 6.12. The van der Waals surface area contributed by atoms with E-state index in [1.807, 2.05) is 0 Å². The molecular weight excluding hydrogens is 237 g/mol. The first kappa shape index (κ1) is 11.9. The Labute approximate surface area is 95.7 Å². The van der Waals surface area contributed by atoms with Crippen LogP contribution in [0.1, 0.15) is 42.8 Å². The first-order chi connectivity index (χ1) is 7.42. The van der Waals surface area contributed by atoms with Gasteiger partial charge in [-0.3, -0.25) is 0 Å². The number of aromatic nitrogens is 1. The molecule has 6 heteroatoms. The highest BCUT2D eigenvalue weighted by atomic mass is 32.1. The van der Waals surface area contributed by atoms with Gasteiger partial charge in [-0.05, 0) is 12.8 Å². The maximum atomic E-state index is 12.4. The fourth-order valence-corrected chi connectivity index (χ4v) is 2.87. The lowest BCUT2D eigenvalue weighted by Crippen LogP contribution is -2.39. The van der Waals surface area contributed by atoms with Gasteiger partial charge in [-0.2, -0.15) is 13.2 Å². The van der Waals surface area contributed by atoms with Gasteiger partial charge in [-0.25, -0.2) is 4.98 Å². The van der Waals surface area contributed by atoms with Crippen molar-refractivity contribution in [1.82, 2.24) is 4.98 Å². The van der Waals surface area contributed by atoms with Crippen LogP contribution in [0.25, 0.3) is 0 Å². The van der Waals surface area contributed by atoms with E-state index in [-0.39, 0.29) is 0 Å². The summed E-state index contributed by atoms with van der Waals surface area (Å²) >= 11 is 0.633. The highest BCUT2D eigenvalue weighted by molar-refractivity contribution is 7.09. The van der Waals surface area contributed by atoms with Crippen LogP contribution >= 0.6 is 11.3 Å². The number of hydrogen-bond donors (Lipinski definition) is 1. The predicted molar refractivity (Wildman–Crippen MR) is 56.1 cm³/mol. The van der Waals surface area contributed by atoms with Crippen LogP contribution in [0.5, 0.6) is 0 Å². The number of nitrogens with zero attached hydrogens (tertiary/aromatic N) is 1. The Morgan fingerprint density at radius 1 is 1.25 bits per heavy atom. The van der Waals surface area contributed by atoms with Gasteiger partial charge in [0.2, 0.25) is 0 Å². The molecule has 2 N–H and O–H groups in total. The molecule has 2 rings (SSSR count). The summed E-state index contributed by atoms with van der Waals surface area (Å²) in [7, 11) is 0. The number of nitrogens with two attached hydrogens (primary N) is 1. The zero-order valence-corrected chi connectivity index (χ0v) is 9.50. The average molecular weight is 250 g/mol. The standard InChI is InChI=1S/C10H13F3N2S/c11-10(12,13)8-15-7(6-16-8)9(14)4-2-1-3-5-9/h6H,1-5,14H2. The summed E-state index contributed by atoms with van der Waals surface area (Å²) in [5, 5.41) is 0.659. The van der Waals surface area contributed by atoms with Crippen LogP contribution in [0.3, 0.4) is 0 Å². The van der Waals surface area contributed by atoms with Gasteiger partial charge >= 0.3 is 6.18 Å². The molecule has 1 aliphatic rings. The monoisotopic (exact) mass is 250 g/mol. The third kappa shape index (κ3) is 2.22. The van der Waals surface area contributed by atoms with Crippen LogP contribution < -0.4 is 5.73 Å². The zero-order chi connectivity index (χ0) is 11.8. The van der Waals surface area contributed by atoms with E-state index in [1.165, 1.54) is 5.38 Å². The molecule has 0 unspecified atom stereocenters. The Hall–Kier alpha value is -0.620. The minimum atomic E-state index is -4.35. The Balaban J connectivity index is 2.24. The molecule has 0 amide bonds. The van der Waals surface area contributed by atoms with Crippen LogP contribution in [0.2, 0.25) is 0 Å². The maximum absolute atomic E-state index is 12.4.